The molecule has 108 valence electrons. The zero-order valence-electron chi connectivity index (χ0n) is 11.4. The number of hydrogen-bond donors (Lipinski definition) is 0. The second-order valence-electron chi connectivity index (χ2n) is 4.48. The highest BCUT2D eigenvalue weighted by atomic mass is 35.5. The number of aromatic nitrogens is 5. The highest BCUT2D eigenvalue weighted by Gasteiger charge is 2.19. The van der Waals surface area contributed by atoms with E-state index in [0.717, 1.165) is 0 Å². The molecule has 0 aromatic carbocycles. The summed E-state index contributed by atoms with van der Waals surface area (Å²) < 4.78 is 8.15. The summed E-state index contributed by atoms with van der Waals surface area (Å²) in [5, 5.41) is 12.7. The number of nitrogens with zero attached hydrogens (tertiary/aromatic N) is 5. The van der Waals surface area contributed by atoms with Crippen LogP contribution in [0.25, 0.3) is 5.65 Å². The summed E-state index contributed by atoms with van der Waals surface area (Å²) in [6.45, 7) is 1.93. The number of fused-ring (bicyclic) bond motifs is 1. The van der Waals surface area contributed by atoms with Gasteiger partial charge in [-0.25, -0.2) is 4.79 Å². The van der Waals surface area contributed by atoms with Crippen LogP contribution in [-0.4, -0.2) is 37.5 Å². The Morgan fingerprint density at radius 1 is 1.43 bits per heavy atom. The van der Waals surface area contributed by atoms with Gasteiger partial charge in [-0.05, 0) is 19.1 Å². The summed E-state index contributed by atoms with van der Waals surface area (Å²) in [6, 6.07) is 3.19. The Balaban J connectivity index is 2.16. The van der Waals surface area contributed by atoms with Crippen molar-refractivity contribution < 1.29 is 9.53 Å². The van der Waals surface area contributed by atoms with Crippen LogP contribution in [0.2, 0.25) is 5.02 Å². The molecule has 0 aliphatic rings. The molecule has 0 aliphatic carbocycles. The number of halogens is 1. The van der Waals surface area contributed by atoms with Crippen molar-refractivity contribution >= 4 is 23.2 Å². The lowest BCUT2D eigenvalue weighted by molar-refractivity contribution is 0.0600. The van der Waals surface area contributed by atoms with Crippen molar-refractivity contribution in [3.05, 3.63) is 47.1 Å². The zero-order chi connectivity index (χ0) is 15.0. The van der Waals surface area contributed by atoms with Gasteiger partial charge in [0.15, 0.2) is 11.5 Å². The quantitative estimate of drug-likeness (QED) is 0.692. The second kappa shape index (κ2) is 5.17. The maximum atomic E-state index is 11.7. The smallest absolute Gasteiger partial charge is 0.339 e. The van der Waals surface area contributed by atoms with Crippen molar-refractivity contribution in [1.82, 2.24) is 24.4 Å². The minimum atomic E-state index is -0.467. The molecule has 0 radical (unpaired) electrons. The van der Waals surface area contributed by atoms with Crippen molar-refractivity contribution in [3.8, 4) is 0 Å². The molecule has 0 aliphatic heterocycles. The Morgan fingerprint density at radius 2 is 2.24 bits per heavy atom. The minimum absolute atomic E-state index is 0.154. The van der Waals surface area contributed by atoms with E-state index < -0.39 is 5.97 Å². The molecule has 0 amide bonds. The van der Waals surface area contributed by atoms with E-state index in [-0.39, 0.29) is 6.04 Å². The van der Waals surface area contributed by atoms with Crippen molar-refractivity contribution in [2.45, 2.75) is 13.0 Å². The fourth-order valence-electron chi connectivity index (χ4n) is 2.11. The average molecular weight is 306 g/mol. The van der Waals surface area contributed by atoms with Gasteiger partial charge in [-0.15, -0.1) is 10.2 Å². The molecule has 0 N–H and O–H groups in total. The first-order chi connectivity index (χ1) is 10.1. The summed E-state index contributed by atoms with van der Waals surface area (Å²) in [4.78, 5) is 11.7. The molecule has 3 aromatic heterocycles. The van der Waals surface area contributed by atoms with Crippen LogP contribution in [0.5, 0.6) is 0 Å². The molecule has 0 saturated carbocycles. The van der Waals surface area contributed by atoms with Gasteiger partial charge in [0.1, 0.15) is 6.04 Å². The number of carbonyl (C=O) groups is 1. The average Bonchev–Trinajstić information content (AvgIpc) is 3.15. The maximum absolute atomic E-state index is 11.7. The first kappa shape index (κ1) is 13.6. The Kier molecular flexibility index (Phi) is 3.34. The minimum Gasteiger partial charge on any atom is -0.465 e. The largest absolute Gasteiger partial charge is 0.465 e. The van der Waals surface area contributed by atoms with Crippen LogP contribution in [0.3, 0.4) is 0 Å². The topological polar surface area (TPSA) is 74.3 Å². The van der Waals surface area contributed by atoms with Crippen LogP contribution >= 0.6 is 11.6 Å². The molecule has 7 nitrogen and oxygen atoms in total. The van der Waals surface area contributed by atoms with Crippen LogP contribution < -0.4 is 0 Å². The summed E-state index contributed by atoms with van der Waals surface area (Å²) in [7, 11) is 1.32. The van der Waals surface area contributed by atoms with Crippen molar-refractivity contribution in [2.24, 2.45) is 0 Å². The van der Waals surface area contributed by atoms with Gasteiger partial charge in [0.05, 0.1) is 17.7 Å². The molecule has 0 fully saturated rings. The number of methoxy groups -OCH3 is 1. The third kappa shape index (κ3) is 2.25. The molecular formula is C13H12ClN5O2. The summed E-state index contributed by atoms with van der Waals surface area (Å²) in [5.41, 5.74) is 0.821. The van der Waals surface area contributed by atoms with Gasteiger partial charge in [-0.2, -0.15) is 5.10 Å². The molecular weight excluding hydrogens is 294 g/mol. The van der Waals surface area contributed by atoms with Crippen LogP contribution in [0.1, 0.15) is 29.1 Å². The number of rotatable bonds is 3. The number of pyridine rings is 1. The van der Waals surface area contributed by atoms with E-state index in [9.17, 15) is 4.79 Å². The molecule has 0 spiro atoms. The predicted octanol–water partition coefficient (Wildman–Crippen LogP) is 1.98. The zero-order valence-corrected chi connectivity index (χ0v) is 12.2. The van der Waals surface area contributed by atoms with Gasteiger partial charge >= 0.3 is 5.97 Å². The maximum Gasteiger partial charge on any atom is 0.339 e. The molecule has 1 atom stereocenters. The second-order valence-corrected chi connectivity index (χ2v) is 4.89. The van der Waals surface area contributed by atoms with Crippen molar-refractivity contribution in [3.63, 3.8) is 0 Å². The fourth-order valence-corrected chi connectivity index (χ4v) is 2.36. The monoisotopic (exact) mass is 305 g/mol. The fraction of sp³-hybridized carbons (Fsp3) is 0.231. The molecule has 0 saturated heterocycles. The van der Waals surface area contributed by atoms with E-state index in [0.29, 0.717) is 22.1 Å². The number of ether oxygens (including phenoxy) is 1. The van der Waals surface area contributed by atoms with Crippen LogP contribution in [0.15, 0.2) is 30.7 Å². The van der Waals surface area contributed by atoms with Crippen LogP contribution in [-0.2, 0) is 4.74 Å². The van der Waals surface area contributed by atoms with E-state index in [4.69, 9.17) is 16.3 Å². The molecule has 3 heterocycles. The van der Waals surface area contributed by atoms with Crippen LogP contribution in [0.4, 0.5) is 0 Å². The van der Waals surface area contributed by atoms with Gasteiger partial charge < -0.3 is 4.74 Å². The Labute approximate surface area is 125 Å². The van der Waals surface area contributed by atoms with Crippen molar-refractivity contribution in [2.75, 3.05) is 7.11 Å². The molecule has 0 bridgehead atoms. The SMILES string of the molecule is COC(=O)c1cc(Cl)c2nnc(C(C)n3cccn3)n2c1. The molecule has 1 unspecified atom stereocenters. The molecule has 21 heavy (non-hydrogen) atoms. The Hall–Kier alpha value is -2.41. The molecule has 3 rings (SSSR count). The summed E-state index contributed by atoms with van der Waals surface area (Å²) >= 11 is 6.15. The van der Waals surface area contributed by atoms with E-state index in [1.807, 2.05) is 19.2 Å². The van der Waals surface area contributed by atoms with Crippen molar-refractivity contribution in [1.29, 1.82) is 0 Å². The van der Waals surface area contributed by atoms with Gasteiger partial charge in [0.25, 0.3) is 0 Å². The van der Waals surface area contributed by atoms with Gasteiger partial charge in [-0.3, -0.25) is 9.08 Å². The van der Waals surface area contributed by atoms with Gasteiger partial charge in [0, 0.05) is 18.6 Å². The standard InChI is InChI=1S/C13H12ClN5O2/c1-8(19-5-3-4-15-19)11-16-17-12-10(14)6-9(7-18(11)12)13(20)21-2/h3-8H,1-2H3. The third-order valence-corrected chi connectivity index (χ3v) is 3.48. The summed E-state index contributed by atoms with van der Waals surface area (Å²) in [5.74, 6) is 0.159. The number of hydrogen-bond acceptors (Lipinski definition) is 5. The first-order valence-electron chi connectivity index (χ1n) is 6.23. The highest BCUT2D eigenvalue weighted by Crippen LogP contribution is 2.22. The van der Waals surface area contributed by atoms with E-state index >= 15 is 0 Å². The lowest BCUT2D eigenvalue weighted by Crippen LogP contribution is -2.12. The van der Waals surface area contributed by atoms with E-state index in [2.05, 4.69) is 15.3 Å². The number of esters is 1. The van der Waals surface area contributed by atoms with E-state index in [1.54, 1.807) is 21.5 Å². The highest BCUT2D eigenvalue weighted by molar-refractivity contribution is 6.33. The van der Waals surface area contributed by atoms with E-state index in [1.165, 1.54) is 13.2 Å². The Morgan fingerprint density at radius 3 is 2.90 bits per heavy atom. The summed E-state index contributed by atoms with van der Waals surface area (Å²) in [6.07, 6.45) is 5.13. The Bertz CT molecular complexity index is 796. The van der Waals surface area contributed by atoms with Gasteiger partial charge in [-0.1, -0.05) is 11.6 Å². The molecule has 3 aromatic rings. The molecule has 8 heteroatoms. The predicted molar refractivity (Wildman–Crippen MR) is 75.4 cm³/mol. The lowest BCUT2D eigenvalue weighted by atomic mass is 10.2. The first-order valence-corrected chi connectivity index (χ1v) is 6.61. The normalized spacial score (nSPS) is 12.5. The lowest BCUT2D eigenvalue weighted by Gasteiger charge is -2.11. The third-order valence-electron chi connectivity index (χ3n) is 3.20. The number of carbonyl (C=O) groups excluding carboxylic acids is 1. The van der Waals surface area contributed by atoms with Gasteiger partial charge in [0.2, 0.25) is 0 Å². The van der Waals surface area contributed by atoms with Crippen LogP contribution in [0, 0.1) is 0 Å².